The Hall–Kier alpha value is -3.40. The molecule has 10 heteroatoms. The van der Waals surface area contributed by atoms with Crippen molar-refractivity contribution in [2.45, 2.75) is 32.6 Å². The molecule has 4 rings (SSSR count). The van der Waals surface area contributed by atoms with Gasteiger partial charge in [-0.15, -0.1) is 11.3 Å². The number of nitrogens with zero attached hydrogens (tertiary/aromatic N) is 3. The van der Waals surface area contributed by atoms with Gasteiger partial charge in [0.15, 0.2) is 0 Å². The number of carbonyl (C=O) groups is 1. The van der Waals surface area contributed by atoms with Crippen LogP contribution in [0, 0.1) is 10.1 Å². The molecule has 148 valence electrons. The lowest BCUT2D eigenvalue weighted by Gasteiger charge is -2.09. The van der Waals surface area contributed by atoms with Crippen LogP contribution in [0.3, 0.4) is 0 Å². The van der Waals surface area contributed by atoms with Crippen molar-refractivity contribution < 1.29 is 9.72 Å². The predicted molar refractivity (Wildman–Crippen MR) is 110 cm³/mol. The molecule has 0 saturated heterocycles. The number of aromatic amines is 1. The van der Waals surface area contributed by atoms with Gasteiger partial charge in [-0.3, -0.25) is 19.7 Å². The van der Waals surface area contributed by atoms with Crippen LogP contribution in [0.15, 0.2) is 34.2 Å². The van der Waals surface area contributed by atoms with Crippen LogP contribution in [-0.2, 0) is 12.8 Å². The SMILES string of the molecule is CC(=NNC(=O)c1nc2sc3c(c2c(=O)[nH]1)CCCC3)c1cccc([N+](=O)[O-])c1. The van der Waals surface area contributed by atoms with Gasteiger partial charge in [0.2, 0.25) is 5.82 Å². The molecule has 0 radical (unpaired) electrons. The second-order valence-electron chi connectivity index (χ2n) is 6.75. The number of amides is 1. The number of non-ortho nitro benzene ring substituents is 1. The second kappa shape index (κ2) is 7.55. The van der Waals surface area contributed by atoms with Crippen LogP contribution in [0.25, 0.3) is 10.2 Å². The maximum absolute atomic E-state index is 12.5. The zero-order chi connectivity index (χ0) is 20.5. The molecule has 2 N–H and O–H groups in total. The lowest BCUT2D eigenvalue weighted by Crippen LogP contribution is -2.25. The molecule has 0 atom stereocenters. The maximum atomic E-state index is 12.5. The number of hydrazone groups is 1. The van der Waals surface area contributed by atoms with E-state index in [0.29, 0.717) is 21.5 Å². The topological polar surface area (TPSA) is 130 Å². The summed E-state index contributed by atoms with van der Waals surface area (Å²) in [6.45, 7) is 1.62. The van der Waals surface area contributed by atoms with Crippen LogP contribution < -0.4 is 11.0 Å². The zero-order valence-electron chi connectivity index (χ0n) is 15.5. The van der Waals surface area contributed by atoms with Gasteiger partial charge in [-0.25, -0.2) is 10.4 Å². The molecule has 2 heterocycles. The monoisotopic (exact) mass is 411 g/mol. The molecule has 1 aliphatic carbocycles. The van der Waals surface area contributed by atoms with Crippen molar-refractivity contribution in [2.24, 2.45) is 5.10 Å². The Kier molecular flexibility index (Phi) is 4.93. The molecule has 1 aromatic carbocycles. The van der Waals surface area contributed by atoms with Gasteiger partial charge >= 0.3 is 5.91 Å². The van der Waals surface area contributed by atoms with Crippen molar-refractivity contribution in [3.63, 3.8) is 0 Å². The average molecular weight is 411 g/mol. The zero-order valence-corrected chi connectivity index (χ0v) is 16.3. The number of fused-ring (bicyclic) bond motifs is 3. The van der Waals surface area contributed by atoms with E-state index in [0.717, 1.165) is 31.2 Å². The molecule has 0 bridgehead atoms. The number of benzene rings is 1. The van der Waals surface area contributed by atoms with Gasteiger partial charge < -0.3 is 4.98 Å². The van der Waals surface area contributed by atoms with E-state index < -0.39 is 10.8 Å². The molecular formula is C19H17N5O4S. The predicted octanol–water partition coefficient (Wildman–Crippen LogP) is 2.93. The molecular weight excluding hydrogens is 394 g/mol. The Morgan fingerprint density at radius 1 is 1.34 bits per heavy atom. The molecule has 1 aliphatic rings. The number of hydrogen-bond donors (Lipinski definition) is 2. The van der Waals surface area contributed by atoms with Gasteiger partial charge in [-0.05, 0) is 38.2 Å². The summed E-state index contributed by atoms with van der Waals surface area (Å²) in [5, 5.41) is 15.5. The van der Waals surface area contributed by atoms with Gasteiger partial charge in [0, 0.05) is 22.6 Å². The highest BCUT2D eigenvalue weighted by atomic mass is 32.1. The molecule has 3 aromatic rings. The summed E-state index contributed by atoms with van der Waals surface area (Å²) >= 11 is 1.46. The summed E-state index contributed by atoms with van der Waals surface area (Å²) in [6, 6.07) is 5.94. The summed E-state index contributed by atoms with van der Waals surface area (Å²) in [5.41, 5.74) is 3.90. The lowest BCUT2D eigenvalue weighted by molar-refractivity contribution is -0.384. The Balaban J connectivity index is 1.59. The van der Waals surface area contributed by atoms with Crippen molar-refractivity contribution in [1.29, 1.82) is 0 Å². The molecule has 0 saturated carbocycles. The first kappa shape index (κ1) is 18.9. The Morgan fingerprint density at radius 3 is 2.93 bits per heavy atom. The van der Waals surface area contributed by atoms with Gasteiger partial charge in [0.05, 0.1) is 16.0 Å². The number of nitro benzene ring substituents is 1. The molecule has 29 heavy (non-hydrogen) atoms. The van der Waals surface area contributed by atoms with Crippen LogP contribution in [0.4, 0.5) is 5.69 Å². The molecule has 0 spiro atoms. The normalized spacial score (nSPS) is 13.9. The largest absolute Gasteiger partial charge is 0.307 e. The Morgan fingerprint density at radius 2 is 2.14 bits per heavy atom. The second-order valence-corrected chi connectivity index (χ2v) is 7.83. The van der Waals surface area contributed by atoms with Gasteiger partial charge in [0.1, 0.15) is 4.83 Å². The van der Waals surface area contributed by atoms with E-state index in [9.17, 15) is 19.7 Å². The fourth-order valence-electron chi connectivity index (χ4n) is 3.37. The third-order valence-corrected chi connectivity index (χ3v) is 6.03. The quantitative estimate of drug-likeness (QED) is 0.387. The van der Waals surface area contributed by atoms with Crippen molar-refractivity contribution in [1.82, 2.24) is 15.4 Å². The fraction of sp³-hybridized carbons (Fsp3) is 0.263. The van der Waals surface area contributed by atoms with E-state index in [1.54, 1.807) is 19.1 Å². The van der Waals surface area contributed by atoms with Crippen LogP contribution in [0.2, 0.25) is 0 Å². The number of rotatable bonds is 4. The molecule has 0 aliphatic heterocycles. The van der Waals surface area contributed by atoms with Crippen molar-refractivity contribution in [2.75, 3.05) is 0 Å². The maximum Gasteiger partial charge on any atom is 0.307 e. The smallest absolute Gasteiger partial charge is 0.302 e. The molecule has 1 amide bonds. The summed E-state index contributed by atoms with van der Waals surface area (Å²) in [5.74, 6) is -0.767. The van der Waals surface area contributed by atoms with E-state index in [-0.39, 0.29) is 17.1 Å². The van der Waals surface area contributed by atoms with E-state index in [1.807, 2.05) is 0 Å². The minimum absolute atomic E-state index is 0.0681. The number of carbonyl (C=O) groups excluding carboxylic acids is 1. The van der Waals surface area contributed by atoms with Crippen molar-refractivity contribution in [3.05, 3.63) is 66.6 Å². The first-order valence-corrected chi connectivity index (χ1v) is 9.89. The van der Waals surface area contributed by atoms with Crippen LogP contribution in [0.1, 0.15) is 46.4 Å². The minimum atomic E-state index is -0.653. The van der Waals surface area contributed by atoms with Gasteiger partial charge in [-0.2, -0.15) is 5.10 Å². The van der Waals surface area contributed by atoms with Crippen molar-refractivity contribution >= 4 is 38.9 Å². The number of thiophene rings is 1. The molecule has 0 unspecified atom stereocenters. The number of nitrogens with one attached hydrogen (secondary N) is 2. The highest BCUT2D eigenvalue weighted by Crippen LogP contribution is 2.33. The standard InChI is InChI=1S/C19H17N5O4S/c1-10(11-5-4-6-12(9-11)24(27)28)22-23-18(26)16-20-17(25)15-13-7-2-3-8-14(13)29-19(15)21-16/h4-6,9H,2-3,7-8H2,1H3,(H,23,26)(H,20,21,25). The highest BCUT2D eigenvalue weighted by Gasteiger charge is 2.21. The van der Waals surface area contributed by atoms with Crippen LogP contribution in [-0.4, -0.2) is 26.5 Å². The number of H-pyrrole nitrogens is 1. The first-order valence-electron chi connectivity index (χ1n) is 9.08. The Bertz CT molecular complexity index is 1230. The van der Waals surface area contributed by atoms with E-state index in [4.69, 9.17) is 0 Å². The van der Waals surface area contributed by atoms with E-state index >= 15 is 0 Å². The van der Waals surface area contributed by atoms with Crippen LogP contribution >= 0.6 is 11.3 Å². The van der Waals surface area contributed by atoms with Gasteiger partial charge in [0.25, 0.3) is 11.2 Å². The number of nitro groups is 1. The lowest BCUT2D eigenvalue weighted by atomic mass is 9.97. The first-order chi connectivity index (χ1) is 13.9. The number of aromatic nitrogens is 2. The summed E-state index contributed by atoms with van der Waals surface area (Å²) < 4.78 is 0. The van der Waals surface area contributed by atoms with Gasteiger partial charge in [-0.1, -0.05) is 12.1 Å². The molecule has 9 nitrogen and oxygen atoms in total. The summed E-state index contributed by atoms with van der Waals surface area (Å²) in [7, 11) is 0. The third-order valence-electron chi connectivity index (χ3n) is 4.84. The minimum Gasteiger partial charge on any atom is -0.302 e. The number of hydrogen-bond acceptors (Lipinski definition) is 7. The third kappa shape index (κ3) is 3.66. The van der Waals surface area contributed by atoms with Crippen LogP contribution in [0.5, 0.6) is 0 Å². The average Bonchev–Trinajstić information content (AvgIpc) is 3.10. The molecule has 2 aromatic heterocycles. The van der Waals surface area contributed by atoms with E-state index in [1.165, 1.54) is 28.3 Å². The highest BCUT2D eigenvalue weighted by molar-refractivity contribution is 7.18. The summed E-state index contributed by atoms with van der Waals surface area (Å²) in [4.78, 5) is 44.0. The fourth-order valence-corrected chi connectivity index (χ4v) is 4.63. The van der Waals surface area contributed by atoms with E-state index in [2.05, 4.69) is 20.5 Å². The Labute approximate surface area is 168 Å². The number of aryl methyl sites for hydroxylation is 2. The summed E-state index contributed by atoms with van der Waals surface area (Å²) in [6.07, 6.45) is 3.94. The molecule has 0 fully saturated rings. The van der Waals surface area contributed by atoms with Crippen molar-refractivity contribution in [3.8, 4) is 0 Å².